The van der Waals surface area contributed by atoms with Gasteiger partial charge in [0, 0.05) is 6.10 Å². The molecule has 0 aromatic carbocycles. The van der Waals surface area contributed by atoms with Gasteiger partial charge < -0.3 is 4.43 Å². The molecule has 0 aromatic heterocycles. The van der Waals surface area contributed by atoms with Crippen molar-refractivity contribution in [2.24, 2.45) is 5.92 Å². The normalized spacial score (nSPS) is 23.7. The molecular formula is C18H38OSi. The summed E-state index contributed by atoms with van der Waals surface area (Å²) in [4.78, 5) is 0. The first-order chi connectivity index (χ1) is 9.59. The van der Waals surface area contributed by atoms with E-state index in [0.29, 0.717) is 6.10 Å². The zero-order chi connectivity index (χ0) is 14.8. The molecule has 2 atom stereocenters. The van der Waals surface area contributed by atoms with Gasteiger partial charge in [0.1, 0.15) is 0 Å². The molecule has 0 saturated carbocycles. The van der Waals surface area contributed by atoms with Crippen molar-refractivity contribution in [3.8, 4) is 0 Å². The lowest BCUT2D eigenvalue weighted by Gasteiger charge is -2.38. The van der Waals surface area contributed by atoms with Crippen LogP contribution in [0.25, 0.3) is 0 Å². The molecule has 1 saturated heterocycles. The average molecular weight is 299 g/mol. The van der Waals surface area contributed by atoms with Gasteiger partial charge in [-0.25, -0.2) is 0 Å². The third kappa shape index (κ3) is 7.26. The van der Waals surface area contributed by atoms with E-state index in [1.807, 2.05) is 0 Å². The summed E-state index contributed by atoms with van der Waals surface area (Å²) in [7, 11) is -1.30. The number of unbranched alkanes of at least 4 members (excludes halogenated alkanes) is 6. The van der Waals surface area contributed by atoms with Crippen LogP contribution in [0, 0.1) is 5.92 Å². The molecule has 1 aliphatic heterocycles. The van der Waals surface area contributed by atoms with Gasteiger partial charge in [0.15, 0.2) is 8.32 Å². The quantitative estimate of drug-likeness (QED) is 0.329. The first kappa shape index (κ1) is 18.2. The predicted molar refractivity (Wildman–Crippen MR) is 92.8 cm³/mol. The lowest BCUT2D eigenvalue weighted by molar-refractivity contribution is 0.0902. The van der Waals surface area contributed by atoms with Crippen LogP contribution in [0.3, 0.4) is 0 Å². The molecule has 2 unspecified atom stereocenters. The standard InChI is InChI=1S/C18H38OSi/c1-5-7-8-9-10-11-12-14-17(6-2)18-15-13-16-20(3,4)19-18/h17-18H,5-16H2,1-4H3. The van der Waals surface area contributed by atoms with E-state index >= 15 is 0 Å². The molecule has 0 aromatic rings. The maximum Gasteiger partial charge on any atom is 0.187 e. The van der Waals surface area contributed by atoms with E-state index in [-0.39, 0.29) is 0 Å². The molecule has 0 N–H and O–H groups in total. The van der Waals surface area contributed by atoms with E-state index < -0.39 is 8.32 Å². The largest absolute Gasteiger partial charge is 0.414 e. The Morgan fingerprint density at radius 1 is 1.00 bits per heavy atom. The number of rotatable bonds is 10. The Labute approximate surface area is 129 Å². The van der Waals surface area contributed by atoms with Crippen LogP contribution in [0.4, 0.5) is 0 Å². The molecule has 1 nitrogen and oxygen atoms in total. The third-order valence-electron chi connectivity index (χ3n) is 4.97. The fourth-order valence-electron chi connectivity index (χ4n) is 3.61. The first-order valence-electron chi connectivity index (χ1n) is 9.27. The summed E-state index contributed by atoms with van der Waals surface area (Å²) in [6.45, 7) is 9.46. The third-order valence-corrected chi connectivity index (χ3v) is 7.47. The second-order valence-electron chi connectivity index (χ2n) is 7.39. The molecule has 20 heavy (non-hydrogen) atoms. The van der Waals surface area contributed by atoms with Crippen LogP contribution in [-0.2, 0) is 4.43 Å². The summed E-state index contributed by atoms with van der Waals surface area (Å²) in [6.07, 6.45) is 16.0. The molecule has 1 aliphatic rings. The van der Waals surface area contributed by atoms with E-state index in [1.54, 1.807) is 0 Å². The van der Waals surface area contributed by atoms with Crippen molar-refractivity contribution in [2.75, 3.05) is 0 Å². The Bertz CT molecular complexity index is 240. The maximum absolute atomic E-state index is 6.48. The summed E-state index contributed by atoms with van der Waals surface area (Å²) in [5.41, 5.74) is 0. The minimum atomic E-state index is -1.30. The van der Waals surface area contributed by atoms with Crippen LogP contribution in [0.1, 0.15) is 84.5 Å². The zero-order valence-corrected chi connectivity index (χ0v) is 15.5. The molecule has 120 valence electrons. The predicted octanol–water partition coefficient (Wildman–Crippen LogP) is 6.54. The lowest BCUT2D eigenvalue weighted by Crippen LogP contribution is -2.42. The summed E-state index contributed by atoms with van der Waals surface area (Å²) in [5.74, 6) is 0.831. The maximum atomic E-state index is 6.48. The van der Waals surface area contributed by atoms with Gasteiger partial charge in [-0.05, 0) is 37.9 Å². The van der Waals surface area contributed by atoms with Crippen LogP contribution in [0.15, 0.2) is 0 Å². The molecular weight excluding hydrogens is 260 g/mol. The molecule has 0 bridgehead atoms. The van der Waals surface area contributed by atoms with E-state index in [9.17, 15) is 0 Å². The fourth-order valence-corrected chi connectivity index (χ4v) is 5.91. The average Bonchev–Trinajstić information content (AvgIpc) is 2.41. The molecule has 0 radical (unpaired) electrons. The Kier molecular flexibility index (Phi) is 9.11. The van der Waals surface area contributed by atoms with Crippen molar-refractivity contribution in [2.45, 2.75) is 110 Å². The van der Waals surface area contributed by atoms with Crippen LogP contribution in [-0.4, -0.2) is 14.4 Å². The summed E-state index contributed by atoms with van der Waals surface area (Å²) < 4.78 is 6.48. The molecule has 2 heteroatoms. The van der Waals surface area contributed by atoms with Gasteiger partial charge >= 0.3 is 0 Å². The Balaban J connectivity index is 2.16. The Hall–Kier alpha value is 0.177. The second-order valence-corrected chi connectivity index (χ2v) is 11.6. The topological polar surface area (TPSA) is 9.23 Å². The second kappa shape index (κ2) is 10.00. The monoisotopic (exact) mass is 298 g/mol. The Morgan fingerprint density at radius 2 is 1.65 bits per heavy atom. The Morgan fingerprint density at radius 3 is 2.25 bits per heavy atom. The zero-order valence-electron chi connectivity index (χ0n) is 14.5. The van der Waals surface area contributed by atoms with Crippen LogP contribution >= 0.6 is 0 Å². The summed E-state index contributed by atoms with van der Waals surface area (Å²) >= 11 is 0. The van der Waals surface area contributed by atoms with Gasteiger partial charge in [0.05, 0.1) is 0 Å². The van der Waals surface area contributed by atoms with Crippen LogP contribution in [0.5, 0.6) is 0 Å². The van der Waals surface area contributed by atoms with Crippen molar-refractivity contribution in [1.29, 1.82) is 0 Å². The fraction of sp³-hybridized carbons (Fsp3) is 1.00. The van der Waals surface area contributed by atoms with Gasteiger partial charge in [-0.3, -0.25) is 0 Å². The lowest BCUT2D eigenvalue weighted by atomic mass is 9.90. The van der Waals surface area contributed by atoms with Crippen molar-refractivity contribution >= 4 is 8.32 Å². The summed E-state index contributed by atoms with van der Waals surface area (Å²) in [5, 5.41) is 0. The number of hydrogen-bond acceptors (Lipinski definition) is 1. The van der Waals surface area contributed by atoms with Crippen LogP contribution < -0.4 is 0 Å². The molecule has 1 fully saturated rings. The van der Waals surface area contributed by atoms with Crippen LogP contribution in [0.2, 0.25) is 19.1 Å². The van der Waals surface area contributed by atoms with E-state index in [1.165, 1.54) is 76.7 Å². The van der Waals surface area contributed by atoms with Gasteiger partial charge in [0.2, 0.25) is 0 Å². The minimum Gasteiger partial charge on any atom is -0.414 e. The molecule has 0 amide bonds. The minimum absolute atomic E-state index is 0.593. The van der Waals surface area contributed by atoms with E-state index in [0.717, 1.165) is 5.92 Å². The highest BCUT2D eigenvalue weighted by atomic mass is 28.4. The molecule has 0 spiro atoms. The first-order valence-corrected chi connectivity index (χ1v) is 12.4. The van der Waals surface area contributed by atoms with Crippen molar-refractivity contribution in [1.82, 2.24) is 0 Å². The molecule has 0 aliphatic carbocycles. The highest BCUT2D eigenvalue weighted by molar-refractivity contribution is 6.71. The smallest absolute Gasteiger partial charge is 0.187 e. The molecule has 1 rings (SSSR count). The van der Waals surface area contributed by atoms with Crippen molar-refractivity contribution < 1.29 is 4.43 Å². The summed E-state index contributed by atoms with van der Waals surface area (Å²) in [6, 6.07) is 1.37. The van der Waals surface area contributed by atoms with Gasteiger partial charge in [0.25, 0.3) is 0 Å². The van der Waals surface area contributed by atoms with Gasteiger partial charge in [-0.1, -0.05) is 71.6 Å². The molecule has 1 heterocycles. The van der Waals surface area contributed by atoms with Gasteiger partial charge in [-0.15, -0.1) is 0 Å². The number of hydrogen-bond donors (Lipinski definition) is 0. The SMILES string of the molecule is CCCCCCCCCC(CC)C1CCC[Si](C)(C)O1. The van der Waals surface area contributed by atoms with E-state index in [2.05, 4.69) is 26.9 Å². The van der Waals surface area contributed by atoms with Crippen molar-refractivity contribution in [3.05, 3.63) is 0 Å². The highest BCUT2D eigenvalue weighted by Gasteiger charge is 2.34. The highest BCUT2D eigenvalue weighted by Crippen LogP contribution is 2.33. The van der Waals surface area contributed by atoms with E-state index in [4.69, 9.17) is 4.43 Å². The van der Waals surface area contributed by atoms with Gasteiger partial charge in [-0.2, -0.15) is 0 Å². The van der Waals surface area contributed by atoms with Crippen molar-refractivity contribution in [3.63, 3.8) is 0 Å².